The third kappa shape index (κ3) is 6.56. The number of carbonyl (C=O) groups is 2. The van der Waals surface area contributed by atoms with Crippen LogP contribution in [0, 0.1) is 12.7 Å². The highest BCUT2D eigenvalue weighted by atomic mass is 32.2. The second-order valence-electron chi connectivity index (χ2n) is 10.00. The Hall–Kier alpha value is -3.63. The lowest BCUT2D eigenvalue weighted by Crippen LogP contribution is -2.44. The average Bonchev–Trinajstić information content (AvgIpc) is 3.42. The van der Waals surface area contributed by atoms with Crippen molar-refractivity contribution in [3.05, 3.63) is 76.7 Å². The summed E-state index contributed by atoms with van der Waals surface area (Å²) in [5.74, 6) is 0.801. The molecule has 3 N–H and O–H groups in total. The molecule has 8 nitrogen and oxygen atoms in total. The first-order chi connectivity index (χ1) is 19.4. The van der Waals surface area contributed by atoms with Crippen molar-refractivity contribution >= 4 is 23.6 Å². The number of fused-ring (bicyclic) bond motifs is 1. The summed E-state index contributed by atoms with van der Waals surface area (Å²) in [6, 6.07) is 12.1. The summed E-state index contributed by atoms with van der Waals surface area (Å²) in [7, 11) is 0. The number of aryl methyl sites for hydroxylation is 2. The van der Waals surface area contributed by atoms with Crippen LogP contribution in [-0.4, -0.2) is 53.0 Å². The highest BCUT2D eigenvalue weighted by molar-refractivity contribution is 7.99. The Morgan fingerprint density at radius 2 is 1.77 bits per heavy atom. The SMILES string of the molecule is Cc1cccc(C(=O)NC2CCC(NC(=O)c3cc(F)cnc3Oc3ccc4c(c3)SCC4)CC2)c1OCCO. The molecule has 210 valence electrons. The highest BCUT2D eigenvalue weighted by Crippen LogP contribution is 2.35. The van der Waals surface area contributed by atoms with Gasteiger partial charge in [-0.3, -0.25) is 9.59 Å². The molecular weight excluding hydrogens is 533 g/mol. The van der Waals surface area contributed by atoms with Gasteiger partial charge in [0.05, 0.1) is 18.4 Å². The van der Waals surface area contributed by atoms with Gasteiger partial charge in [0.1, 0.15) is 29.5 Å². The van der Waals surface area contributed by atoms with Crippen LogP contribution < -0.4 is 20.1 Å². The van der Waals surface area contributed by atoms with E-state index in [0.717, 1.165) is 34.9 Å². The number of amides is 2. The fourth-order valence-electron chi connectivity index (χ4n) is 5.07. The van der Waals surface area contributed by atoms with Crippen molar-refractivity contribution < 1.29 is 28.6 Å². The van der Waals surface area contributed by atoms with Gasteiger partial charge in [0.2, 0.25) is 5.88 Å². The van der Waals surface area contributed by atoms with E-state index in [9.17, 15) is 14.0 Å². The van der Waals surface area contributed by atoms with Gasteiger partial charge in [-0.25, -0.2) is 9.37 Å². The summed E-state index contributed by atoms with van der Waals surface area (Å²) in [4.78, 5) is 31.3. The number of thioether (sulfide) groups is 1. The molecule has 0 saturated heterocycles. The minimum atomic E-state index is -0.619. The minimum absolute atomic E-state index is 0.0402. The maximum atomic E-state index is 14.1. The maximum absolute atomic E-state index is 14.1. The molecule has 0 radical (unpaired) electrons. The predicted octanol–water partition coefficient (Wildman–Crippen LogP) is 4.81. The topological polar surface area (TPSA) is 110 Å². The summed E-state index contributed by atoms with van der Waals surface area (Å²) < 4.78 is 25.6. The molecule has 1 fully saturated rings. The van der Waals surface area contributed by atoms with Crippen LogP contribution in [0.4, 0.5) is 4.39 Å². The van der Waals surface area contributed by atoms with Crippen molar-refractivity contribution in [2.45, 2.75) is 56.0 Å². The number of hydrogen-bond donors (Lipinski definition) is 3. The van der Waals surface area contributed by atoms with Gasteiger partial charge in [-0.2, -0.15) is 0 Å². The van der Waals surface area contributed by atoms with Gasteiger partial charge in [0, 0.05) is 22.7 Å². The van der Waals surface area contributed by atoms with E-state index in [1.807, 2.05) is 31.2 Å². The van der Waals surface area contributed by atoms with Crippen molar-refractivity contribution in [1.29, 1.82) is 0 Å². The number of pyridine rings is 1. The quantitative estimate of drug-likeness (QED) is 0.342. The monoisotopic (exact) mass is 565 g/mol. The zero-order valence-electron chi connectivity index (χ0n) is 22.2. The fraction of sp³-hybridized carbons (Fsp3) is 0.367. The van der Waals surface area contributed by atoms with Crippen molar-refractivity contribution in [2.75, 3.05) is 19.0 Å². The molecule has 1 aliphatic heterocycles. The number of aliphatic hydroxyl groups excluding tert-OH is 1. The Labute approximate surface area is 236 Å². The standard InChI is InChI=1S/C30H32FN3O5S/c1-18-3-2-4-24(27(18)38-13-12-35)28(36)33-21-6-8-22(9-7-21)34-29(37)25-15-20(31)17-32-30(25)39-23-10-5-19-11-14-40-26(19)16-23/h2-5,10,15-17,21-22,35H,6-9,11-14H2,1H3,(H,33,36)(H,34,37). The van der Waals surface area contributed by atoms with Gasteiger partial charge in [0.15, 0.2) is 0 Å². The molecule has 0 atom stereocenters. The number of aromatic nitrogens is 1. The predicted molar refractivity (Wildman–Crippen MR) is 150 cm³/mol. The summed E-state index contributed by atoms with van der Waals surface area (Å²) in [6.45, 7) is 1.82. The maximum Gasteiger partial charge on any atom is 0.257 e. The largest absolute Gasteiger partial charge is 0.490 e. The van der Waals surface area contributed by atoms with Crippen LogP contribution in [0.3, 0.4) is 0 Å². The number of nitrogens with zero attached hydrogens (tertiary/aromatic N) is 1. The molecular formula is C30H32FN3O5S. The first kappa shape index (κ1) is 27.9. The number of ether oxygens (including phenoxy) is 2. The van der Waals surface area contributed by atoms with Crippen molar-refractivity contribution in [2.24, 2.45) is 0 Å². The van der Waals surface area contributed by atoms with Crippen LogP contribution in [0.25, 0.3) is 0 Å². The molecule has 1 aliphatic carbocycles. The molecule has 2 aromatic carbocycles. The van der Waals surface area contributed by atoms with Gasteiger partial charge in [-0.1, -0.05) is 18.2 Å². The Bertz CT molecular complexity index is 1390. The Morgan fingerprint density at radius 3 is 2.50 bits per heavy atom. The van der Waals surface area contributed by atoms with Crippen LogP contribution >= 0.6 is 11.8 Å². The van der Waals surface area contributed by atoms with Crippen molar-refractivity contribution in [3.63, 3.8) is 0 Å². The number of halogens is 1. The van der Waals surface area contributed by atoms with Gasteiger partial charge >= 0.3 is 0 Å². The van der Waals surface area contributed by atoms with Gasteiger partial charge in [-0.15, -0.1) is 11.8 Å². The Morgan fingerprint density at radius 1 is 1.05 bits per heavy atom. The van der Waals surface area contributed by atoms with Crippen LogP contribution in [0.1, 0.15) is 57.5 Å². The molecule has 0 bridgehead atoms. The second-order valence-corrected chi connectivity index (χ2v) is 11.1. The molecule has 3 aromatic rings. The number of nitrogens with one attached hydrogen (secondary N) is 2. The lowest BCUT2D eigenvalue weighted by atomic mass is 9.90. The van der Waals surface area contributed by atoms with Crippen LogP contribution in [0.15, 0.2) is 53.6 Å². The highest BCUT2D eigenvalue weighted by Gasteiger charge is 2.27. The molecule has 2 heterocycles. The number of para-hydroxylation sites is 1. The first-order valence-electron chi connectivity index (χ1n) is 13.5. The molecule has 2 aliphatic rings. The lowest BCUT2D eigenvalue weighted by molar-refractivity contribution is 0.0887. The summed E-state index contributed by atoms with van der Waals surface area (Å²) in [5.41, 5.74) is 2.55. The van der Waals surface area contributed by atoms with Crippen LogP contribution in [0.5, 0.6) is 17.4 Å². The van der Waals surface area contributed by atoms with E-state index in [1.54, 1.807) is 23.9 Å². The van der Waals surface area contributed by atoms with E-state index < -0.39 is 11.7 Å². The summed E-state index contributed by atoms with van der Waals surface area (Å²) in [6.07, 6.45) is 4.70. The zero-order chi connectivity index (χ0) is 28.1. The third-order valence-corrected chi connectivity index (χ3v) is 8.24. The molecule has 2 amide bonds. The van der Waals surface area contributed by atoms with E-state index in [4.69, 9.17) is 14.6 Å². The number of rotatable bonds is 9. The number of aliphatic hydroxyl groups is 1. The fourth-order valence-corrected chi connectivity index (χ4v) is 6.17. The number of carbonyl (C=O) groups excluding carboxylic acids is 2. The average molecular weight is 566 g/mol. The van der Waals surface area contributed by atoms with E-state index in [2.05, 4.69) is 15.6 Å². The van der Waals surface area contributed by atoms with Gasteiger partial charge < -0.3 is 25.2 Å². The normalized spacial score (nSPS) is 18.1. The van der Waals surface area contributed by atoms with E-state index in [1.165, 1.54) is 5.56 Å². The third-order valence-electron chi connectivity index (χ3n) is 7.14. The molecule has 1 aromatic heterocycles. The zero-order valence-corrected chi connectivity index (χ0v) is 23.1. The molecule has 5 rings (SSSR count). The lowest BCUT2D eigenvalue weighted by Gasteiger charge is -2.30. The minimum Gasteiger partial charge on any atom is -0.490 e. The van der Waals surface area contributed by atoms with E-state index in [0.29, 0.717) is 42.7 Å². The molecule has 1 saturated carbocycles. The summed E-state index contributed by atoms with van der Waals surface area (Å²) >= 11 is 1.75. The number of benzene rings is 2. The molecule has 0 unspecified atom stereocenters. The molecule has 10 heteroatoms. The molecule has 0 spiro atoms. The smallest absolute Gasteiger partial charge is 0.257 e. The second kappa shape index (κ2) is 12.7. The molecule has 40 heavy (non-hydrogen) atoms. The van der Waals surface area contributed by atoms with E-state index in [-0.39, 0.29) is 42.6 Å². The summed E-state index contributed by atoms with van der Waals surface area (Å²) in [5, 5.41) is 15.2. The Balaban J connectivity index is 1.18. The van der Waals surface area contributed by atoms with Crippen molar-refractivity contribution in [3.8, 4) is 17.4 Å². The first-order valence-corrected chi connectivity index (χ1v) is 14.4. The van der Waals surface area contributed by atoms with E-state index >= 15 is 0 Å². The van der Waals surface area contributed by atoms with Crippen LogP contribution in [-0.2, 0) is 6.42 Å². The Kier molecular flexibility index (Phi) is 8.86. The van der Waals surface area contributed by atoms with Crippen molar-refractivity contribution in [1.82, 2.24) is 15.6 Å². The van der Waals surface area contributed by atoms with Crippen LogP contribution in [0.2, 0.25) is 0 Å². The van der Waals surface area contributed by atoms with Gasteiger partial charge in [0.25, 0.3) is 11.8 Å². The van der Waals surface area contributed by atoms with Gasteiger partial charge in [-0.05, 0) is 74.4 Å². The number of hydrogen-bond acceptors (Lipinski definition) is 7.